The summed E-state index contributed by atoms with van der Waals surface area (Å²) in [6.45, 7) is 0. The number of phenolic OH excluding ortho intramolecular Hbond substituents is 1. The summed E-state index contributed by atoms with van der Waals surface area (Å²) in [6, 6.07) is 6.92. The van der Waals surface area contributed by atoms with Gasteiger partial charge in [0.05, 0.1) is 29.2 Å². The molecule has 0 aliphatic carbocycles. The van der Waals surface area contributed by atoms with E-state index in [0.717, 1.165) is 30.5 Å². The molecule has 0 unspecified atom stereocenters. The lowest BCUT2D eigenvalue weighted by atomic mass is 10.1. The van der Waals surface area contributed by atoms with Gasteiger partial charge in [-0.2, -0.15) is 5.10 Å². The number of rotatable bonds is 6. The average molecular weight is 360 g/mol. The topological polar surface area (TPSA) is 157 Å². The summed E-state index contributed by atoms with van der Waals surface area (Å²) in [4.78, 5) is 32.1. The predicted molar refractivity (Wildman–Crippen MR) is 89.5 cm³/mol. The molecule has 0 aromatic heterocycles. The summed E-state index contributed by atoms with van der Waals surface area (Å²) in [5.74, 6) is -1.16. The zero-order valence-electron chi connectivity index (χ0n) is 13.3. The lowest BCUT2D eigenvalue weighted by Crippen LogP contribution is -2.17. The van der Waals surface area contributed by atoms with E-state index in [4.69, 9.17) is 4.74 Å². The van der Waals surface area contributed by atoms with Gasteiger partial charge < -0.3 is 9.84 Å². The van der Waals surface area contributed by atoms with Gasteiger partial charge in [0.25, 0.3) is 17.3 Å². The molecule has 1 amide bonds. The average Bonchev–Trinajstić information content (AvgIpc) is 2.62. The molecule has 26 heavy (non-hydrogen) atoms. The highest BCUT2D eigenvalue weighted by Gasteiger charge is 2.16. The summed E-state index contributed by atoms with van der Waals surface area (Å²) in [6.07, 6.45) is 1.01. The van der Waals surface area contributed by atoms with Crippen LogP contribution in [0.3, 0.4) is 0 Å². The standard InChI is InChI=1S/C15H12N4O7/c1-26-13-7-12(19(24)25)6-10(14(13)20)8-16-17-15(21)9-2-4-11(5-3-9)18(22)23/h2-8,20H,1H3,(H,17,21)/b16-8+. The van der Waals surface area contributed by atoms with Crippen molar-refractivity contribution in [2.75, 3.05) is 7.11 Å². The van der Waals surface area contributed by atoms with Gasteiger partial charge in [-0.1, -0.05) is 0 Å². The van der Waals surface area contributed by atoms with Gasteiger partial charge in [-0.05, 0) is 12.1 Å². The summed E-state index contributed by atoms with van der Waals surface area (Å²) in [7, 11) is 1.23. The molecule has 2 aromatic rings. The van der Waals surface area contributed by atoms with Crippen LogP contribution in [0.2, 0.25) is 0 Å². The minimum atomic E-state index is -0.672. The summed E-state index contributed by atoms with van der Waals surface area (Å²) in [5, 5.41) is 35.0. The third-order valence-corrected chi connectivity index (χ3v) is 3.23. The summed E-state index contributed by atoms with van der Waals surface area (Å²) < 4.78 is 4.85. The van der Waals surface area contributed by atoms with Crippen molar-refractivity contribution in [3.8, 4) is 11.5 Å². The Morgan fingerprint density at radius 2 is 1.77 bits per heavy atom. The number of aromatic hydroxyl groups is 1. The molecular weight excluding hydrogens is 348 g/mol. The highest BCUT2D eigenvalue weighted by atomic mass is 16.6. The van der Waals surface area contributed by atoms with Crippen molar-refractivity contribution in [3.63, 3.8) is 0 Å². The van der Waals surface area contributed by atoms with Crippen molar-refractivity contribution < 1.29 is 24.5 Å². The van der Waals surface area contributed by atoms with Crippen LogP contribution in [0.1, 0.15) is 15.9 Å². The number of phenols is 1. The van der Waals surface area contributed by atoms with Gasteiger partial charge in [0.15, 0.2) is 11.5 Å². The molecular formula is C15H12N4O7. The van der Waals surface area contributed by atoms with Gasteiger partial charge in [0, 0.05) is 29.3 Å². The van der Waals surface area contributed by atoms with Crippen molar-refractivity contribution in [3.05, 3.63) is 67.8 Å². The quantitative estimate of drug-likeness (QED) is 0.453. The fourth-order valence-corrected chi connectivity index (χ4v) is 1.93. The fraction of sp³-hybridized carbons (Fsp3) is 0.0667. The maximum Gasteiger partial charge on any atom is 0.274 e. The van der Waals surface area contributed by atoms with Crippen LogP contribution in [-0.4, -0.2) is 34.2 Å². The first-order valence-corrected chi connectivity index (χ1v) is 6.96. The zero-order valence-corrected chi connectivity index (χ0v) is 13.3. The maximum atomic E-state index is 11.9. The van der Waals surface area contributed by atoms with E-state index >= 15 is 0 Å². The third-order valence-electron chi connectivity index (χ3n) is 3.23. The Morgan fingerprint density at radius 1 is 1.15 bits per heavy atom. The van der Waals surface area contributed by atoms with Crippen LogP contribution < -0.4 is 10.2 Å². The molecule has 0 aliphatic rings. The number of hydrogen-bond donors (Lipinski definition) is 2. The number of nitro groups is 2. The second-order valence-electron chi connectivity index (χ2n) is 4.85. The number of amides is 1. The number of nitrogens with zero attached hydrogens (tertiary/aromatic N) is 3. The molecule has 0 saturated heterocycles. The second-order valence-corrected chi connectivity index (χ2v) is 4.85. The van der Waals surface area contributed by atoms with Crippen molar-refractivity contribution in [1.82, 2.24) is 5.43 Å². The summed E-state index contributed by atoms with van der Waals surface area (Å²) >= 11 is 0. The number of nitrogens with one attached hydrogen (secondary N) is 1. The predicted octanol–water partition coefficient (Wildman–Crippen LogP) is 1.98. The van der Waals surface area contributed by atoms with Gasteiger partial charge in [0.2, 0.25) is 0 Å². The maximum absolute atomic E-state index is 11.9. The molecule has 0 heterocycles. The molecule has 0 fully saturated rings. The number of hydrogen-bond acceptors (Lipinski definition) is 8. The van der Waals surface area contributed by atoms with Gasteiger partial charge in [-0.15, -0.1) is 0 Å². The minimum absolute atomic E-state index is 0.0416. The Kier molecular flexibility index (Phi) is 5.43. The molecule has 0 atom stereocenters. The first-order valence-electron chi connectivity index (χ1n) is 6.96. The molecule has 0 bridgehead atoms. The zero-order chi connectivity index (χ0) is 19.3. The Balaban J connectivity index is 2.17. The summed E-state index contributed by atoms with van der Waals surface area (Å²) in [5.41, 5.74) is 1.73. The monoisotopic (exact) mass is 360 g/mol. The Morgan fingerprint density at radius 3 is 2.31 bits per heavy atom. The van der Waals surface area contributed by atoms with E-state index in [2.05, 4.69) is 10.5 Å². The van der Waals surface area contributed by atoms with Crippen LogP contribution in [0.5, 0.6) is 11.5 Å². The molecule has 0 saturated carbocycles. The molecule has 134 valence electrons. The molecule has 2 N–H and O–H groups in total. The van der Waals surface area contributed by atoms with Gasteiger partial charge >= 0.3 is 0 Å². The molecule has 11 nitrogen and oxygen atoms in total. The lowest BCUT2D eigenvalue weighted by Gasteiger charge is -2.06. The van der Waals surface area contributed by atoms with Crippen LogP contribution >= 0.6 is 0 Å². The first-order chi connectivity index (χ1) is 12.3. The number of carbonyl (C=O) groups excluding carboxylic acids is 1. The van der Waals surface area contributed by atoms with Gasteiger partial charge in [-0.3, -0.25) is 25.0 Å². The lowest BCUT2D eigenvalue weighted by molar-refractivity contribution is -0.385. The van der Waals surface area contributed by atoms with Gasteiger partial charge in [-0.25, -0.2) is 5.43 Å². The van der Waals surface area contributed by atoms with E-state index in [1.807, 2.05) is 0 Å². The van der Waals surface area contributed by atoms with Crippen molar-refractivity contribution in [2.24, 2.45) is 5.10 Å². The van der Waals surface area contributed by atoms with Crippen LogP contribution in [0.25, 0.3) is 0 Å². The number of nitro benzene ring substituents is 2. The Bertz CT molecular complexity index is 894. The van der Waals surface area contributed by atoms with E-state index in [1.165, 1.54) is 19.2 Å². The van der Waals surface area contributed by atoms with E-state index in [0.29, 0.717) is 0 Å². The van der Waals surface area contributed by atoms with Crippen molar-refractivity contribution >= 4 is 23.5 Å². The Labute approximate surface area is 145 Å². The van der Waals surface area contributed by atoms with Crippen molar-refractivity contribution in [2.45, 2.75) is 0 Å². The van der Waals surface area contributed by atoms with Crippen LogP contribution in [0.4, 0.5) is 11.4 Å². The van der Waals surface area contributed by atoms with Gasteiger partial charge in [0.1, 0.15) is 0 Å². The molecule has 0 spiro atoms. The van der Waals surface area contributed by atoms with Crippen LogP contribution in [-0.2, 0) is 0 Å². The Hall–Kier alpha value is -4.02. The highest BCUT2D eigenvalue weighted by molar-refractivity contribution is 5.95. The number of benzene rings is 2. The molecule has 2 aromatic carbocycles. The minimum Gasteiger partial charge on any atom is -0.504 e. The molecule has 0 radical (unpaired) electrons. The molecule has 11 heteroatoms. The number of non-ortho nitro benzene ring substituents is 2. The number of methoxy groups -OCH3 is 1. The van der Waals surface area contributed by atoms with Crippen molar-refractivity contribution in [1.29, 1.82) is 0 Å². The molecule has 2 rings (SSSR count). The second kappa shape index (κ2) is 7.70. The van der Waals surface area contributed by atoms with Crippen LogP contribution in [0, 0.1) is 20.2 Å². The first kappa shape index (κ1) is 18.3. The van der Waals surface area contributed by atoms with E-state index in [-0.39, 0.29) is 34.0 Å². The third kappa shape index (κ3) is 4.08. The SMILES string of the molecule is COc1cc([N+](=O)[O-])cc(/C=N/NC(=O)c2ccc([N+](=O)[O-])cc2)c1O. The number of carbonyl (C=O) groups is 1. The van der Waals surface area contributed by atoms with E-state index in [1.54, 1.807) is 0 Å². The van der Waals surface area contributed by atoms with E-state index in [9.17, 15) is 30.1 Å². The van der Waals surface area contributed by atoms with E-state index < -0.39 is 15.8 Å². The highest BCUT2D eigenvalue weighted by Crippen LogP contribution is 2.33. The number of ether oxygens (including phenoxy) is 1. The van der Waals surface area contributed by atoms with Crippen LogP contribution in [0.15, 0.2) is 41.5 Å². The number of hydrazone groups is 1. The smallest absolute Gasteiger partial charge is 0.274 e. The largest absolute Gasteiger partial charge is 0.504 e. The normalized spacial score (nSPS) is 10.5. The fourth-order valence-electron chi connectivity index (χ4n) is 1.93. The molecule has 0 aliphatic heterocycles.